The maximum Gasteiger partial charge on any atom is 0.335 e. The molecule has 0 amide bonds. The van der Waals surface area contributed by atoms with Crippen LogP contribution >= 0.6 is 0 Å². The fourth-order valence-electron chi connectivity index (χ4n) is 13.6. The largest absolute Gasteiger partial charge is 0.481 e. The molecule has 0 aromatic heterocycles. The van der Waals surface area contributed by atoms with Gasteiger partial charge in [-0.25, -0.2) is 4.79 Å². The molecule has 0 spiro atoms. The number of aliphatic hydroxyl groups is 3. The first-order chi connectivity index (χ1) is 20.9. The summed E-state index contributed by atoms with van der Waals surface area (Å²) in [7, 11) is 0. The van der Waals surface area contributed by atoms with E-state index < -0.39 is 47.9 Å². The van der Waals surface area contributed by atoms with Crippen LogP contribution in [-0.2, 0) is 14.3 Å². The molecule has 0 aromatic carbocycles. The zero-order chi connectivity index (χ0) is 33.1. The lowest BCUT2D eigenvalue weighted by Crippen LogP contribution is -2.67. The minimum Gasteiger partial charge on any atom is -0.481 e. The van der Waals surface area contributed by atoms with Crippen molar-refractivity contribution < 1.29 is 39.9 Å². The van der Waals surface area contributed by atoms with Gasteiger partial charge in [-0.2, -0.15) is 0 Å². The Bertz CT molecular complexity index is 1230. The van der Waals surface area contributed by atoms with Gasteiger partial charge in [-0.1, -0.05) is 46.8 Å². The lowest BCUT2D eigenvalue weighted by atomic mass is 9.32. The lowest BCUT2D eigenvalue weighted by molar-refractivity contribution is -0.252. The van der Waals surface area contributed by atoms with Gasteiger partial charge in [-0.05, 0) is 135 Å². The van der Waals surface area contributed by atoms with E-state index >= 15 is 0 Å². The summed E-state index contributed by atoms with van der Waals surface area (Å²) in [6.07, 6.45) is 3.27. The molecule has 6 aliphatic rings. The minimum atomic E-state index is -1.67. The van der Waals surface area contributed by atoms with Gasteiger partial charge < -0.3 is 30.3 Å². The van der Waals surface area contributed by atoms with Gasteiger partial charge in [0.1, 0.15) is 18.3 Å². The number of aliphatic carboxylic acids is 2. The summed E-state index contributed by atoms with van der Waals surface area (Å²) in [6.45, 7) is 18.7. The summed E-state index contributed by atoms with van der Waals surface area (Å²) >= 11 is 0. The summed E-state index contributed by atoms with van der Waals surface area (Å²) in [5.41, 5.74) is 0.712. The Kier molecular flexibility index (Phi) is 7.99. The van der Waals surface area contributed by atoms with Crippen molar-refractivity contribution in [1.82, 2.24) is 0 Å². The standard InChI is InChI=1S/C37H58O8/c1-19(2)21-11-15-37(32(43)44)17-16-35(6)22(26(21)37)8-9-25-34(5)13-10-20(33(3,4)24(34)12-14-36(25,35)7)18-23-27(38)28(39)29(40)30(45-23)31(41)42/h20-30,38-40H,1,8-18H2,2-7H3,(H,41,42)(H,43,44)/t20-,21+,22?,23+,24?,25?,26?,27?,28?,29+,30?,34+,35-,36-,37+/m1/s1. The van der Waals surface area contributed by atoms with Crippen LogP contribution in [0.2, 0.25) is 0 Å². The molecule has 8 heteroatoms. The van der Waals surface area contributed by atoms with E-state index in [1.54, 1.807) is 0 Å². The monoisotopic (exact) mass is 630 g/mol. The maximum absolute atomic E-state index is 12.9. The Balaban J connectivity index is 1.27. The summed E-state index contributed by atoms with van der Waals surface area (Å²) in [5, 5.41) is 51.7. The molecule has 5 aliphatic carbocycles. The van der Waals surface area contributed by atoms with Crippen LogP contribution in [0.3, 0.4) is 0 Å². The Morgan fingerprint density at radius 1 is 0.778 bits per heavy atom. The van der Waals surface area contributed by atoms with Crippen LogP contribution in [-0.4, -0.2) is 68.0 Å². The van der Waals surface area contributed by atoms with Crippen molar-refractivity contribution in [3.8, 4) is 0 Å². The molecular formula is C37H58O8. The zero-order valence-electron chi connectivity index (χ0n) is 28.3. The number of hydrogen-bond acceptors (Lipinski definition) is 6. The molecule has 15 atom stereocenters. The molecule has 254 valence electrons. The molecule has 1 heterocycles. The van der Waals surface area contributed by atoms with Crippen LogP contribution in [0, 0.1) is 62.6 Å². The molecule has 0 aromatic rings. The van der Waals surface area contributed by atoms with Crippen LogP contribution in [0.4, 0.5) is 0 Å². The molecule has 7 unspecified atom stereocenters. The number of aliphatic hydroxyl groups excluding tert-OH is 3. The molecule has 1 saturated heterocycles. The Morgan fingerprint density at radius 2 is 1.47 bits per heavy atom. The van der Waals surface area contributed by atoms with Gasteiger partial charge in [-0.3, -0.25) is 4.79 Å². The predicted molar refractivity (Wildman–Crippen MR) is 169 cm³/mol. The number of hydrogen-bond donors (Lipinski definition) is 5. The second-order valence-corrected chi connectivity index (χ2v) is 17.8. The van der Waals surface area contributed by atoms with Crippen LogP contribution in [0.1, 0.15) is 112 Å². The third-order valence-corrected chi connectivity index (χ3v) is 16.2. The number of carboxylic acid groups (broad SMARTS) is 2. The molecule has 45 heavy (non-hydrogen) atoms. The molecule has 6 rings (SSSR count). The molecule has 5 saturated carbocycles. The van der Waals surface area contributed by atoms with E-state index in [9.17, 15) is 35.1 Å². The minimum absolute atomic E-state index is 0.0649. The van der Waals surface area contributed by atoms with Crippen molar-refractivity contribution in [3.63, 3.8) is 0 Å². The SMILES string of the molecule is C=C(C)[C@@H]1CC[C@]2(C(=O)O)CC[C@]3(C)C(CCC4[C@@]5(C)CC[C@H](C[C@@H]6OC(C(=O)O)[C@@H](O)C(O)C6O)C(C)(C)C5CC[C@]43C)C12. The number of allylic oxidation sites excluding steroid dienone is 1. The number of rotatable bonds is 5. The lowest BCUT2D eigenvalue weighted by Gasteiger charge is -2.73. The quantitative estimate of drug-likeness (QED) is 0.245. The van der Waals surface area contributed by atoms with E-state index in [4.69, 9.17) is 4.74 Å². The Labute approximate surface area is 269 Å². The normalized spacial score (nSPS) is 53.8. The smallest absolute Gasteiger partial charge is 0.335 e. The molecular weight excluding hydrogens is 572 g/mol. The number of ether oxygens (including phenoxy) is 1. The molecule has 0 bridgehead atoms. The van der Waals surface area contributed by atoms with Gasteiger partial charge in [0.2, 0.25) is 0 Å². The van der Waals surface area contributed by atoms with E-state index in [0.717, 1.165) is 69.8 Å². The predicted octanol–water partition coefficient (Wildman–Crippen LogP) is 5.67. The Hall–Kier alpha value is -1.48. The maximum atomic E-state index is 12.9. The van der Waals surface area contributed by atoms with Crippen molar-refractivity contribution in [3.05, 3.63) is 12.2 Å². The van der Waals surface area contributed by atoms with Gasteiger partial charge in [0.05, 0.1) is 11.5 Å². The zero-order valence-corrected chi connectivity index (χ0v) is 28.3. The van der Waals surface area contributed by atoms with Crippen molar-refractivity contribution in [2.24, 2.45) is 62.6 Å². The third-order valence-electron chi connectivity index (χ3n) is 16.2. The van der Waals surface area contributed by atoms with Crippen molar-refractivity contribution in [1.29, 1.82) is 0 Å². The second-order valence-electron chi connectivity index (χ2n) is 17.8. The van der Waals surface area contributed by atoms with Crippen molar-refractivity contribution >= 4 is 11.9 Å². The Morgan fingerprint density at radius 3 is 2.09 bits per heavy atom. The highest BCUT2D eigenvalue weighted by molar-refractivity contribution is 5.76. The number of fused-ring (bicyclic) bond motifs is 7. The highest BCUT2D eigenvalue weighted by atomic mass is 16.6. The van der Waals surface area contributed by atoms with E-state index in [0.29, 0.717) is 24.2 Å². The molecule has 0 radical (unpaired) electrons. The third kappa shape index (κ3) is 4.43. The van der Waals surface area contributed by atoms with Crippen molar-refractivity contribution in [2.75, 3.05) is 0 Å². The van der Waals surface area contributed by atoms with E-state index in [1.165, 1.54) is 0 Å². The average Bonchev–Trinajstić information content (AvgIpc) is 3.36. The van der Waals surface area contributed by atoms with Crippen molar-refractivity contribution in [2.45, 2.75) is 143 Å². The van der Waals surface area contributed by atoms with Crippen LogP contribution in [0.15, 0.2) is 12.2 Å². The topological polar surface area (TPSA) is 145 Å². The number of carboxylic acids is 2. The van der Waals surface area contributed by atoms with E-state index in [1.807, 2.05) is 0 Å². The van der Waals surface area contributed by atoms with Gasteiger partial charge in [-0.15, -0.1) is 0 Å². The first kappa shape index (κ1) is 33.4. The molecule has 5 N–H and O–H groups in total. The fourth-order valence-corrected chi connectivity index (χ4v) is 13.6. The average molecular weight is 631 g/mol. The van der Waals surface area contributed by atoms with E-state index in [2.05, 4.69) is 48.1 Å². The highest BCUT2D eigenvalue weighted by Crippen LogP contribution is 2.78. The summed E-state index contributed by atoms with van der Waals surface area (Å²) in [4.78, 5) is 24.7. The first-order valence-electron chi connectivity index (χ1n) is 17.7. The highest BCUT2D eigenvalue weighted by Gasteiger charge is 2.72. The second kappa shape index (κ2) is 10.8. The van der Waals surface area contributed by atoms with Gasteiger partial charge >= 0.3 is 11.9 Å². The van der Waals surface area contributed by atoms with Crippen LogP contribution in [0.5, 0.6) is 0 Å². The summed E-state index contributed by atoms with van der Waals surface area (Å²) in [5.74, 6) is 0.0272. The fraction of sp³-hybridized carbons (Fsp3) is 0.892. The molecule has 8 nitrogen and oxygen atoms in total. The van der Waals surface area contributed by atoms with E-state index in [-0.39, 0.29) is 39.4 Å². The summed E-state index contributed by atoms with van der Waals surface area (Å²) < 4.78 is 5.75. The molecule has 6 fully saturated rings. The first-order valence-corrected chi connectivity index (χ1v) is 17.7. The number of carbonyl (C=O) groups is 2. The van der Waals surface area contributed by atoms with Crippen LogP contribution < -0.4 is 0 Å². The van der Waals surface area contributed by atoms with Gasteiger partial charge in [0.25, 0.3) is 0 Å². The van der Waals surface area contributed by atoms with Gasteiger partial charge in [0.15, 0.2) is 6.10 Å². The van der Waals surface area contributed by atoms with Crippen LogP contribution in [0.25, 0.3) is 0 Å². The molecule has 1 aliphatic heterocycles. The summed E-state index contributed by atoms with van der Waals surface area (Å²) in [6, 6.07) is 0. The van der Waals surface area contributed by atoms with Gasteiger partial charge in [0, 0.05) is 0 Å².